The van der Waals surface area contributed by atoms with E-state index >= 15 is 0 Å². The molecule has 0 radical (unpaired) electrons. The van der Waals surface area contributed by atoms with Gasteiger partial charge < -0.3 is 15.7 Å². The van der Waals surface area contributed by atoms with Gasteiger partial charge in [0.2, 0.25) is 6.41 Å². The Bertz CT molecular complexity index is 1280. The molecule has 172 valence electrons. The lowest BCUT2D eigenvalue weighted by atomic mass is 9.99. The zero-order chi connectivity index (χ0) is 24.7. The summed E-state index contributed by atoms with van der Waals surface area (Å²) >= 11 is 0. The van der Waals surface area contributed by atoms with Crippen molar-refractivity contribution in [3.8, 4) is 34.5 Å². The van der Waals surface area contributed by atoms with Gasteiger partial charge in [-0.2, -0.15) is 0 Å². The predicted octanol–water partition coefficient (Wildman–Crippen LogP) is 2.36. The Morgan fingerprint density at radius 3 is 2.68 bits per heavy atom. The lowest BCUT2D eigenvalue weighted by Gasteiger charge is -2.20. The van der Waals surface area contributed by atoms with E-state index in [0.29, 0.717) is 35.6 Å². The van der Waals surface area contributed by atoms with Crippen LogP contribution in [0.3, 0.4) is 0 Å². The molecule has 0 aliphatic heterocycles. The van der Waals surface area contributed by atoms with Crippen molar-refractivity contribution in [2.75, 3.05) is 13.6 Å². The third-order valence-electron chi connectivity index (χ3n) is 5.09. The molecule has 8 nitrogen and oxygen atoms in total. The van der Waals surface area contributed by atoms with Crippen LogP contribution in [0.25, 0.3) is 22.6 Å². The van der Waals surface area contributed by atoms with Gasteiger partial charge in [0.05, 0.1) is 5.69 Å². The van der Waals surface area contributed by atoms with Gasteiger partial charge >= 0.3 is 0 Å². The van der Waals surface area contributed by atoms with E-state index in [4.69, 9.17) is 5.73 Å². The highest BCUT2D eigenvalue weighted by molar-refractivity contribution is 5.92. The number of hydrogen-bond donors (Lipinski definition) is 2. The van der Waals surface area contributed by atoms with Crippen molar-refractivity contribution in [3.63, 3.8) is 0 Å². The number of aryl methyl sites for hydroxylation is 1. The number of carbonyl (C=O) groups excluding carboxylic acids is 2. The van der Waals surface area contributed by atoms with Crippen molar-refractivity contribution in [2.45, 2.75) is 18.9 Å². The Morgan fingerprint density at radius 1 is 1.24 bits per heavy atom. The number of aliphatic hydroxyl groups is 1. The molecule has 3 aromatic rings. The third-order valence-corrected chi connectivity index (χ3v) is 5.09. The number of pyridine rings is 1. The van der Waals surface area contributed by atoms with Gasteiger partial charge in [-0.05, 0) is 43.3 Å². The van der Waals surface area contributed by atoms with Crippen molar-refractivity contribution in [3.05, 3.63) is 78.3 Å². The van der Waals surface area contributed by atoms with Gasteiger partial charge in [-0.3, -0.25) is 14.6 Å². The Kier molecular flexibility index (Phi) is 7.51. The van der Waals surface area contributed by atoms with E-state index in [1.165, 1.54) is 17.0 Å². The molecule has 34 heavy (non-hydrogen) atoms. The molecule has 2 heterocycles. The molecule has 0 saturated carbocycles. The van der Waals surface area contributed by atoms with Gasteiger partial charge in [0.15, 0.2) is 5.82 Å². The summed E-state index contributed by atoms with van der Waals surface area (Å²) in [6.45, 7) is 5.86. The topological polar surface area (TPSA) is 122 Å². The normalized spacial score (nSPS) is 12.1. The Balaban J connectivity index is 1.97. The second-order valence-corrected chi connectivity index (χ2v) is 7.81. The molecule has 2 amide bonds. The average Bonchev–Trinajstić information content (AvgIpc) is 2.86. The van der Waals surface area contributed by atoms with Crippen LogP contribution < -0.4 is 5.73 Å². The quantitative estimate of drug-likeness (QED) is 0.305. The fraction of sp³-hybridized carbons (Fsp3) is 0.192. The van der Waals surface area contributed by atoms with Gasteiger partial charge in [-0.25, -0.2) is 9.97 Å². The van der Waals surface area contributed by atoms with Crippen molar-refractivity contribution < 1.29 is 14.7 Å². The van der Waals surface area contributed by atoms with Crippen LogP contribution in [-0.2, 0) is 4.79 Å². The van der Waals surface area contributed by atoms with Crippen LogP contribution >= 0.6 is 0 Å². The largest absolute Gasteiger partial charge is 0.374 e. The van der Waals surface area contributed by atoms with Crippen LogP contribution in [0, 0.1) is 18.8 Å². The van der Waals surface area contributed by atoms with E-state index in [1.54, 1.807) is 37.5 Å². The molecule has 0 spiro atoms. The van der Waals surface area contributed by atoms with E-state index in [-0.39, 0.29) is 12.1 Å². The second-order valence-electron chi connectivity index (χ2n) is 7.81. The first kappa shape index (κ1) is 24.3. The Hall–Kier alpha value is -4.35. The summed E-state index contributed by atoms with van der Waals surface area (Å²) in [5.41, 5.74) is 7.46. The maximum absolute atomic E-state index is 11.9. The number of carbonyl (C=O) groups is 2. The first-order valence-electron chi connectivity index (χ1n) is 10.5. The van der Waals surface area contributed by atoms with Crippen LogP contribution in [0.1, 0.15) is 28.2 Å². The highest BCUT2D eigenvalue weighted by atomic mass is 16.3. The lowest BCUT2D eigenvalue weighted by Crippen LogP contribution is -2.30. The molecule has 0 aliphatic carbocycles. The van der Waals surface area contributed by atoms with Gasteiger partial charge in [0.25, 0.3) is 5.91 Å². The highest BCUT2D eigenvalue weighted by Crippen LogP contribution is 2.23. The predicted molar refractivity (Wildman–Crippen MR) is 129 cm³/mol. The third kappa shape index (κ3) is 6.12. The minimum Gasteiger partial charge on any atom is -0.374 e. The zero-order valence-electron chi connectivity index (χ0n) is 19.0. The summed E-state index contributed by atoms with van der Waals surface area (Å²) < 4.78 is 0. The summed E-state index contributed by atoms with van der Waals surface area (Å²) in [6, 6.07) is 12.3. The van der Waals surface area contributed by atoms with E-state index in [2.05, 4.69) is 33.4 Å². The summed E-state index contributed by atoms with van der Waals surface area (Å²) in [6.07, 6.45) is 3.92. The molecule has 0 aliphatic rings. The molecule has 1 aromatic carbocycles. The van der Waals surface area contributed by atoms with Crippen LogP contribution in [0.5, 0.6) is 0 Å². The number of benzene rings is 1. The molecular formula is C26H25N5O3. The average molecular weight is 456 g/mol. The molecule has 0 fully saturated rings. The number of nitrogens with zero attached hydrogens (tertiary/aromatic N) is 4. The Labute approximate surface area is 198 Å². The zero-order valence-corrected chi connectivity index (χ0v) is 19.0. The highest BCUT2D eigenvalue weighted by Gasteiger charge is 2.20. The maximum atomic E-state index is 11.9. The number of nitrogens with two attached hydrogens (primary N) is 1. The van der Waals surface area contributed by atoms with Gasteiger partial charge in [-0.1, -0.05) is 30.6 Å². The number of rotatable bonds is 8. The molecular weight excluding hydrogens is 430 g/mol. The summed E-state index contributed by atoms with van der Waals surface area (Å²) in [4.78, 5) is 37.3. The van der Waals surface area contributed by atoms with Crippen LogP contribution in [0.2, 0.25) is 0 Å². The summed E-state index contributed by atoms with van der Waals surface area (Å²) in [7, 11) is 1.62. The molecule has 3 rings (SSSR count). The van der Waals surface area contributed by atoms with Crippen molar-refractivity contribution in [1.29, 1.82) is 0 Å². The van der Waals surface area contributed by atoms with Crippen molar-refractivity contribution in [2.24, 2.45) is 5.73 Å². The van der Waals surface area contributed by atoms with E-state index in [0.717, 1.165) is 11.3 Å². The first-order valence-corrected chi connectivity index (χ1v) is 10.5. The molecule has 1 atom stereocenters. The molecule has 1 unspecified atom stereocenters. The fourth-order valence-electron chi connectivity index (χ4n) is 3.00. The molecule has 0 bridgehead atoms. The van der Waals surface area contributed by atoms with Gasteiger partial charge in [0, 0.05) is 48.6 Å². The smallest absolute Gasteiger partial charge is 0.267 e. The number of aromatic nitrogens is 3. The monoisotopic (exact) mass is 455 g/mol. The van der Waals surface area contributed by atoms with E-state index < -0.39 is 11.5 Å². The molecule has 0 saturated heterocycles. The Morgan fingerprint density at radius 2 is 2.03 bits per heavy atom. The summed E-state index contributed by atoms with van der Waals surface area (Å²) in [5, 5.41) is 10.7. The molecule has 8 heteroatoms. The summed E-state index contributed by atoms with van der Waals surface area (Å²) in [5.74, 6) is 5.40. The van der Waals surface area contributed by atoms with Crippen LogP contribution in [0.15, 0.2) is 61.3 Å². The van der Waals surface area contributed by atoms with Crippen molar-refractivity contribution in [1.82, 2.24) is 19.9 Å². The minimum absolute atomic E-state index is 0.0809. The number of amides is 2. The van der Waals surface area contributed by atoms with E-state index in [1.807, 2.05) is 19.1 Å². The van der Waals surface area contributed by atoms with Crippen LogP contribution in [-0.4, -0.2) is 56.5 Å². The fourth-order valence-corrected chi connectivity index (χ4v) is 3.00. The van der Waals surface area contributed by atoms with E-state index in [9.17, 15) is 14.7 Å². The second kappa shape index (κ2) is 10.5. The molecule has 2 aromatic heterocycles. The maximum Gasteiger partial charge on any atom is 0.267 e. The minimum atomic E-state index is -1.46. The number of primary amides is 1. The van der Waals surface area contributed by atoms with Gasteiger partial charge in [0.1, 0.15) is 11.3 Å². The first-order chi connectivity index (χ1) is 16.2. The molecule has 3 N–H and O–H groups in total. The lowest BCUT2D eigenvalue weighted by molar-refractivity contribution is -0.117. The SMILES string of the molecule is C=CC(O)(C#Cc1cccc(-c2nc(C(N)=O)cc(-c3ccc(C)nc3)n2)c1)CCN(C)C=O. The van der Waals surface area contributed by atoms with Gasteiger partial charge in [-0.15, -0.1) is 0 Å². The standard InChI is InChI=1S/C26H25N5O3/c1-4-26(34,12-13-31(3)17-32)11-10-19-6-5-7-20(14-19)25-29-22(15-23(30-25)24(27)33)21-9-8-18(2)28-16-21/h4-9,14-17,34H,1,12-13H2,2-3H3,(H2,27,33). The van der Waals surface area contributed by atoms with Crippen molar-refractivity contribution >= 4 is 12.3 Å². The number of hydrogen-bond acceptors (Lipinski definition) is 6. The van der Waals surface area contributed by atoms with Crippen LogP contribution in [0.4, 0.5) is 0 Å².